The molecule has 0 N–H and O–H groups in total. The highest BCUT2D eigenvalue weighted by Gasteiger charge is 2.12. The van der Waals surface area contributed by atoms with Crippen LogP contribution in [0.15, 0.2) is 54.6 Å². The van der Waals surface area contributed by atoms with E-state index < -0.39 is 0 Å². The van der Waals surface area contributed by atoms with E-state index in [9.17, 15) is 4.79 Å². The Bertz CT molecular complexity index is 995. The Labute approximate surface area is 153 Å². The Morgan fingerprint density at radius 1 is 1.08 bits per heavy atom. The molecule has 0 aliphatic carbocycles. The van der Waals surface area contributed by atoms with Gasteiger partial charge >= 0.3 is 5.97 Å². The fraction of sp³-hybridized carbons (Fsp3) is 0.167. The van der Waals surface area contributed by atoms with Gasteiger partial charge in [0.2, 0.25) is 0 Å². The maximum absolute atomic E-state index is 12.1. The van der Waals surface area contributed by atoms with Crippen LogP contribution in [0.1, 0.15) is 17.3 Å². The molecule has 4 aromatic rings. The highest BCUT2D eigenvalue weighted by molar-refractivity contribution is 7.18. The Hall–Kier alpha value is -3.13. The van der Waals surface area contributed by atoms with E-state index in [2.05, 4.69) is 20.5 Å². The molecule has 0 amide bonds. The van der Waals surface area contributed by atoms with E-state index in [4.69, 9.17) is 4.74 Å². The summed E-state index contributed by atoms with van der Waals surface area (Å²) in [5.41, 5.74) is 1.78. The molecule has 0 spiro atoms. The standard InChI is InChI=1S/C18H15N5O2S/c24-18(11-10-17-19-14-8-4-5-9-15(14)26-17)25-12-16-20-21-22-23(16)13-6-2-1-3-7-13/h1-9H,10-12H2. The van der Waals surface area contributed by atoms with Crippen molar-refractivity contribution in [3.05, 3.63) is 65.4 Å². The summed E-state index contributed by atoms with van der Waals surface area (Å²) in [6.07, 6.45) is 0.828. The Balaban J connectivity index is 1.34. The van der Waals surface area contributed by atoms with Gasteiger partial charge in [-0.25, -0.2) is 4.98 Å². The summed E-state index contributed by atoms with van der Waals surface area (Å²) in [5, 5.41) is 12.4. The maximum atomic E-state index is 12.1. The zero-order valence-electron chi connectivity index (χ0n) is 13.8. The SMILES string of the molecule is O=C(CCc1nc2ccccc2s1)OCc1nnnn1-c1ccccc1. The molecule has 8 heteroatoms. The van der Waals surface area contributed by atoms with Crippen molar-refractivity contribution in [3.63, 3.8) is 0 Å². The number of tetrazole rings is 1. The van der Waals surface area contributed by atoms with Crippen molar-refractivity contribution in [2.45, 2.75) is 19.4 Å². The van der Waals surface area contributed by atoms with E-state index in [1.165, 1.54) is 0 Å². The number of nitrogens with zero attached hydrogens (tertiary/aromatic N) is 5. The second-order valence-electron chi connectivity index (χ2n) is 5.58. The number of para-hydroxylation sites is 2. The number of benzene rings is 2. The summed E-state index contributed by atoms with van der Waals surface area (Å²) < 4.78 is 8.00. The summed E-state index contributed by atoms with van der Waals surface area (Å²) in [7, 11) is 0. The van der Waals surface area contributed by atoms with Gasteiger partial charge < -0.3 is 4.74 Å². The van der Waals surface area contributed by atoms with Crippen LogP contribution in [0.25, 0.3) is 15.9 Å². The van der Waals surface area contributed by atoms with Gasteiger partial charge in [-0.2, -0.15) is 4.68 Å². The minimum atomic E-state index is -0.299. The molecule has 0 saturated carbocycles. The molecular formula is C18H15N5O2S. The van der Waals surface area contributed by atoms with Crippen LogP contribution in [0.5, 0.6) is 0 Å². The van der Waals surface area contributed by atoms with E-state index in [0.29, 0.717) is 12.2 Å². The average Bonchev–Trinajstić information content (AvgIpc) is 3.31. The lowest BCUT2D eigenvalue weighted by Crippen LogP contribution is -2.10. The lowest BCUT2D eigenvalue weighted by Gasteiger charge is -2.05. The number of ether oxygens (including phenoxy) is 1. The molecule has 0 bridgehead atoms. The highest BCUT2D eigenvalue weighted by Crippen LogP contribution is 2.22. The smallest absolute Gasteiger partial charge is 0.306 e. The number of hydrogen-bond donors (Lipinski definition) is 0. The predicted molar refractivity (Wildman–Crippen MR) is 96.9 cm³/mol. The summed E-state index contributed by atoms with van der Waals surface area (Å²) in [4.78, 5) is 16.6. The molecule has 7 nitrogen and oxygen atoms in total. The molecular weight excluding hydrogens is 350 g/mol. The minimum absolute atomic E-state index is 0.0283. The quantitative estimate of drug-likeness (QED) is 0.489. The molecule has 0 atom stereocenters. The molecule has 26 heavy (non-hydrogen) atoms. The van der Waals surface area contributed by atoms with Crippen LogP contribution in [-0.4, -0.2) is 31.2 Å². The van der Waals surface area contributed by atoms with Crippen molar-refractivity contribution >= 4 is 27.5 Å². The van der Waals surface area contributed by atoms with E-state index in [1.807, 2.05) is 54.6 Å². The topological polar surface area (TPSA) is 82.8 Å². The van der Waals surface area contributed by atoms with Crippen molar-refractivity contribution in [2.75, 3.05) is 0 Å². The molecule has 0 aliphatic heterocycles. The van der Waals surface area contributed by atoms with Gasteiger partial charge in [0.05, 0.1) is 27.3 Å². The van der Waals surface area contributed by atoms with Gasteiger partial charge in [0.15, 0.2) is 12.4 Å². The second kappa shape index (κ2) is 7.40. The first kappa shape index (κ1) is 16.3. The zero-order valence-corrected chi connectivity index (χ0v) is 14.6. The first-order valence-electron chi connectivity index (χ1n) is 8.12. The largest absolute Gasteiger partial charge is 0.457 e. The Morgan fingerprint density at radius 2 is 1.88 bits per heavy atom. The van der Waals surface area contributed by atoms with Crippen LogP contribution in [0, 0.1) is 0 Å². The van der Waals surface area contributed by atoms with Gasteiger partial charge in [0.25, 0.3) is 0 Å². The Morgan fingerprint density at radius 3 is 2.73 bits per heavy atom. The molecule has 4 rings (SSSR count). The van der Waals surface area contributed by atoms with Crippen LogP contribution < -0.4 is 0 Å². The van der Waals surface area contributed by atoms with Crippen LogP contribution in [0.2, 0.25) is 0 Å². The monoisotopic (exact) mass is 365 g/mol. The lowest BCUT2D eigenvalue weighted by molar-refractivity contribution is -0.145. The first-order valence-corrected chi connectivity index (χ1v) is 8.94. The average molecular weight is 365 g/mol. The third kappa shape index (κ3) is 3.60. The zero-order chi connectivity index (χ0) is 17.8. The van der Waals surface area contributed by atoms with Crippen molar-refractivity contribution in [3.8, 4) is 5.69 Å². The number of hydrogen-bond acceptors (Lipinski definition) is 7. The van der Waals surface area contributed by atoms with E-state index in [-0.39, 0.29) is 19.0 Å². The molecule has 2 aromatic carbocycles. The number of esters is 1. The van der Waals surface area contributed by atoms with Gasteiger partial charge in [-0.1, -0.05) is 30.3 Å². The number of fused-ring (bicyclic) bond motifs is 1. The van der Waals surface area contributed by atoms with Crippen LogP contribution in [-0.2, 0) is 22.6 Å². The predicted octanol–water partition coefficient (Wildman–Crippen LogP) is 2.95. The summed E-state index contributed by atoms with van der Waals surface area (Å²) in [5.74, 6) is 0.177. The molecule has 2 heterocycles. The summed E-state index contributed by atoms with van der Waals surface area (Å²) >= 11 is 1.60. The van der Waals surface area contributed by atoms with E-state index in [1.54, 1.807) is 16.0 Å². The Kier molecular flexibility index (Phi) is 4.65. The van der Waals surface area contributed by atoms with E-state index >= 15 is 0 Å². The van der Waals surface area contributed by atoms with Gasteiger partial charge in [-0.05, 0) is 34.7 Å². The summed E-state index contributed by atoms with van der Waals surface area (Å²) in [6.45, 7) is 0.0283. The molecule has 0 saturated heterocycles. The molecule has 130 valence electrons. The third-order valence-electron chi connectivity index (χ3n) is 3.78. The molecule has 0 radical (unpaired) electrons. The fourth-order valence-electron chi connectivity index (χ4n) is 2.52. The van der Waals surface area contributed by atoms with Gasteiger partial charge in [-0.15, -0.1) is 16.4 Å². The second-order valence-corrected chi connectivity index (χ2v) is 6.69. The van der Waals surface area contributed by atoms with Crippen LogP contribution in [0.3, 0.4) is 0 Å². The van der Waals surface area contributed by atoms with Crippen LogP contribution in [0.4, 0.5) is 0 Å². The van der Waals surface area contributed by atoms with Gasteiger partial charge in [-0.3, -0.25) is 4.79 Å². The number of thiazole rings is 1. The molecule has 0 fully saturated rings. The lowest BCUT2D eigenvalue weighted by atomic mass is 10.3. The first-order chi connectivity index (χ1) is 12.8. The minimum Gasteiger partial charge on any atom is -0.457 e. The number of carbonyl (C=O) groups excluding carboxylic acids is 1. The van der Waals surface area contributed by atoms with Gasteiger partial charge in [0, 0.05) is 6.42 Å². The molecule has 2 aromatic heterocycles. The third-order valence-corrected chi connectivity index (χ3v) is 4.87. The number of aromatic nitrogens is 5. The van der Waals surface area contributed by atoms with Crippen molar-refractivity contribution in [2.24, 2.45) is 0 Å². The van der Waals surface area contributed by atoms with Crippen molar-refractivity contribution in [1.29, 1.82) is 0 Å². The fourth-order valence-corrected chi connectivity index (χ4v) is 3.49. The normalized spacial score (nSPS) is 10.9. The van der Waals surface area contributed by atoms with Gasteiger partial charge in [0.1, 0.15) is 0 Å². The van der Waals surface area contributed by atoms with Crippen LogP contribution >= 0.6 is 11.3 Å². The maximum Gasteiger partial charge on any atom is 0.306 e. The number of rotatable bonds is 6. The summed E-state index contributed by atoms with van der Waals surface area (Å²) in [6, 6.07) is 17.4. The number of aryl methyl sites for hydroxylation is 1. The van der Waals surface area contributed by atoms with Crippen molar-refractivity contribution < 1.29 is 9.53 Å². The molecule has 0 aliphatic rings. The number of carbonyl (C=O) groups is 1. The van der Waals surface area contributed by atoms with E-state index in [0.717, 1.165) is 20.9 Å². The highest BCUT2D eigenvalue weighted by atomic mass is 32.1. The van der Waals surface area contributed by atoms with Crippen molar-refractivity contribution in [1.82, 2.24) is 25.2 Å². The molecule has 0 unspecified atom stereocenters.